The lowest BCUT2D eigenvalue weighted by Crippen LogP contribution is -2.24. The molecule has 5 heteroatoms. The highest BCUT2D eigenvalue weighted by molar-refractivity contribution is 9.10. The van der Waals surface area contributed by atoms with Gasteiger partial charge in [-0.05, 0) is 35.4 Å². The number of rotatable bonds is 4. The summed E-state index contributed by atoms with van der Waals surface area (Å²) in [7, 11) is 1.78. The summed E-state index contributed by atoms with van der Waals surface area (Å²) in [6.07, 6.45) is 3.38. The van der Waals surface area contributed by atoms with E-state index in [0.29, 0.717) is 6.54 Å². The molecule has 0 N–H and O–H groups in total. The molecule has 4 nitrogen and oxygen atoms in total. The number of hydrogen-bond acceptors (Lipinski definition) is 3. The van der Waals surface area contributed by atoms with E-state index in [9.17, 15) is 4.79 Å². The number of hydrogen-bond donors (Lipinski definition) is 0. The molecule has 0 fully saturated rings. The topological polar surface area (TPSA) is 38.8 Å². The zero-order valence-corrected chi connectivity index (χ0v) is 14.2. The van der Waals surface area contributed by atoms with Gasteiger partial charge >= 0.3 is 0 Å². The van der Waals surface area contributed by atoms with E-state index in [4.69, 9.17) is 9.47 Å². The molecule has 0 saturated carbocycles. The number of carbonyl (C=O) groups is 1. The number of carbonyl (C=O) groups excluding carboxylic acids is 1. The van der Waals surface area contributed by atoms with Crippen LogP contribution in [0.5, 0.6) is 11.5 Å². The van der Waals surface area contributed by atoms with Crippen molar-refractivity contribution in [2.75, 3.05) is 13.8 Å². The van der Waals surface area contributed by atoms with Crippen molar-refractivity contribution in [3.63, 3.8) is 0 Å². The molecule has 1 aliphatic rings. The molecule has 0 aromatic heterocycles. The van der Waals surface area contributed by atoms with Crippen LogP contribution in [0.25, 0.3) is 6.08 Å². The Morgan fingerprint density at radius 1 is 1.22 bits per heavy atom. The first kappa shape index (κ1) is 15.6. The normalized spacial score (nSPS) is 12.6. The zero-order chi connectivity index (χ0) is 16.2. The van der Waals surface area contributed by atoms with Crippen molar-refractivity contribution < 1.29 is 14.3 Å². The van der Waals surface area contributed by atoms with Crippen molar-refractivity contribution in [1.82, 2.24) is 4.90 Å². The van der Waals surface area contributed by atoms with Gasteiger partial charge in [-0.2, -0.15) is 0 Å². The Hall–Kier alpha value is -2.27. The molecule has 0 unspecified atom stereocenters. The predicted octanol–water partition coefficient (Wildman–Crippen LogP) is 3.85. The second-order valence-corrected chi connectivity index (χ2v) is 6.09. The minimum Gasteiger partial charge on any atom is -0.454 e. The van der Waals surface area contributed by atoms with Crippen LogP contribution in [-0.2, 0) is 11.3 Å². The van der Waals surface area contributed by atoms with Crippen LogP contribution in [0.4, 0.5) is 0 Å². The highest BCUT2D eigenvalue weighted by Gasteiger charge is 2.14. The highest BCUT2D eigenvalue weighted by Crippen LogP contribution is 2.32. The average Bonchev–Trinajstić information content (AvgIpc) is 3.01. The predicted molar refractivity (Wildman–Crippen MR) is 92.2 cm³/mol. The van der Waals surface area contributed by atoms with Crippen molar-refractivity contribution in [2.45, 2.75) is 6.54 Å². The van der Waals surface area contributed by atoms with E-state index in [-0.39, 0.29) is 12.7 Å². The summed E-state index contributed by atoms with van der Waals surface area (Å²) in [5.74, 6) is 1.42. The fourth-order valence-corrected chi connectivity index (χ4v) is 2.71. The van der Waals surface area contributed by atoms with E-state index in [0.717, 1.165) is 27.1 Å². The molecule has 0 saturated heterocycles. The molecule has 0 radical (unpaired) electrons. The minimum absolute atomic E-state index is 0.0570. The first-order valence-corrected chi connectivity index (χ1v) is 7.99. The molecule has 1 aliphatic heterocycles. The van der Waals surface area contributed by atoms with E-state index < -0.39 is 0 Å². The lowest BCUT2D eigenvalue weighted by molar-refractivity contribution is -0.125. The van der Waals surface area contributed by atoms with Crippen molar-refractivity contribution in [3.05, 3.63) is 64.1 Å². The van der Waals surface area contributed by atoms with Gasteiger partial charge < -0.3 is 14.4 Å². The van der Waals surface area contributed by atoms with Crippen LogP contribution in [0.2, 0.25) is 0 Å². The number of nitrogens with zero attached hydrogens (tertiary/aromatic N) is 1. The quantitative estimate of drug-likeness (QED) is 0.764. The molecule has 2 aromatic carbocycles. The Labute approximate surface area is 143 Å². The number of amides is 1. The Kier molecular flexibility index (Phi) is 4.67. The molecular formula is C18H16BrNO3. The van der Waals surface area contributed by atoms with E-state index in [1.165, 1.54) is 0 Å². The van der Waals surface area contributed by atoms with Gasteiger partial charge in [-0.25, -0.2) is 0 Å². The smallest absolute Gasteiger partial charge is 0.246 e. The third kappa shape index (κ3) is 3.74. The first-order chi connectivity index (χ1) is 11.1. The lowest BCUT2D eigenvalue weighted by Gasteiger charge is -2.15. The van der Waals surface area contributed by atoms with E-state index in [1.807, 2.05) is 48.5 Å². The number of likely N-dealkylation sites (N-methyl/N-ethyl adjacent to an activating group) is 1. The Balaban J connectivity index is 1.65. The monoisotopic (exact) mass is 373 g/mol. The largest absolute Gasteiger partial charge is 0.454 e. The highest BCUT2D eigenvalue weighted by atomic mass is 79.9. The summed E-state index contributed by atoms with van der Waals surface area (Å²) in [6, 6.07) is 13.5. The van der Waals surface area contributed by atoms with Crippen molar-refractivity contribution in [3.8, 4) is 11.5 Å². The summed E-state index contributed by atoms with van der Waals surface area (Å²) in [5, 5.41) is 0. The second-order valence-electron chi connectivity index (χ2n) is 5.24. The van der Waals surface area contributed by atoms with Crippen LogP contribution in [0.15, 0.2) is 53.0 Å². The number of fused-ring (bicyclic) bond motifs is 1. The van der Waals surface area contributed by atoms with Crippen molar-refractivity contribution >= 4 is 27.9 Å². The SMILES string of the molecule is CN(Cc1ccc2c(c1)OCO2)C(=O)/C=C/c1ccccc1Br. The van der Waals surface area contributed by atoms with Gasteiger partial charge in [0.25, 0.3) is 0 Å². The average molecular weight is 374 g/mol. The fourth-order valence-electron chi connectivity index (χ4n) is 2.29. The molecule has 3 rings (SSSR count). The summed E-state index contributed by atoms with van der Waals surface area (Å²) < 4.78 is 11.6. The standard InChI is InChI=1S/C18H16BrNO3/c1-20(11-13-6-8-16-17(10-13)23-12-22-16)18(21)9-7-14-4-2-3-5-15(14)19/h2-10H,11-12H2,1H3/b9-7+. The van der Waals surface area contributed by atoms with Gasteiger partial charge in [0.1, 0.15) is 0 Å². The molecule has 0 atom stereocenters. The molecular weight excluding hydrogens is 358 g/mol. The second kappa shape index (κ2) is 6.87. The first-order valence-electron chi connectivity index (χ1n) is 7.20. The summed E-state index contributed by atoms with van der Waals surface area (Å²) in [6.45, 7) is 0.762. The fraction of sp³-hybridized carbons (Fsp3) is 0.167. The number of ether oxygens (including phenoxy) is 2. The molecule has 0 bridgehead atoms. The molecule has 1 heterocycles. The molecule has 0 aliphatic carbocycles. The van der Waals surface area contributed by atoms with Gasteiger partial charge in [-0.3, -0.25) is 4.79 Å². The van der Waals surface area contributed by atoms with E-state index in [2.05, 4.69) is 15.9 Å². The third-order valence-electron chi connectivity index (χ3n) is 3.54. The Morgan fingerprint density at radius 3 is 2.83 bits per heavy atom. The maximum absolute atomic E-state index is 12.2. The molecule has 1 amide bonds. The lowest BCUT2D eigenvalue weighted by atomic mass is 10.2. The maximum atomic E-state index is 12.2. The van der Waals surface area contributed by atoms with Gasteiger partial charge in [0, 0.05) is 24.1 Å². The van der Waals surface area contributed by atoms with Crippen molar-refractivity contribution in [2.24, 2.45) is 0 Å². The molecule has 23 heavy (non-hydrogen) atoms. The summed E-state index contributed by atoms with van der Waals surface area (Å²) >= 11 is 3.46. The van der Waals surface area contributed by atoms with Crippen LogP contribution < -0.4 is 9.47 Å². The van der Waals surface area contributed by atoms with Crippen LogP contribution in [0.1, 0.15) is 11.1 Å². The molecule has 2 aromatic rings. The van der Waals surface area contributed by atoms with Gasteiger partial charge in [-0.1, -0.05) is 40.2 Å². The van der Waals surface area contributed by atoms with Crippen LogP contribution in [0.3, 0.4) is 0 Å². The van der Waals surface area contributed by atoms with Gasteiger partial charge in [0.2, 0.25) is 12.7 Å². The zero-order valence-electron chi connectivity index (χ0n) is 12.7. The number of benzene rings is 2. The Morgan fingerprint density at radius 2 is 2.00 bits per heavy atom. The van der Waals surface area contributed by atoms with Crippen LogP contribution >= 0.6 is 15.9 Å². The maximum Gasteiger partial charge on any atom is 0.246 e. The van der Waals surface area contributed by atoms with Crippen LogP contribution in [-0.4, -0.2) is 24.6 Å². The summed E-state index contributed by atoms with van der Waals surface area (Å²) in [4.78, 5) is 13.9. The number of halogens is 1. The third-order valence-corrected chi connectivity index (χ3v) is 4.27. The van der Waals surface area contributed by atoms with Crippen LogP contribution in [0, 0.1) is 0 Å². The van der Waals surface area contributed by atoms with Gasteiger partial charge in [-0.15, -0.1) is 0 Å². The molecule has 0 spiro atoms. The minimum atomic E-state index is -0.0570. The molecule has 118 valence electrons. The van der Waals surface area contributed by atoms with Gasteiger partial charge in [0.15, 0.2) is 11.5 Å². The van der Waals surface area contributed by atoms with Gasteiger partial charge in [0.05, 0.1) is 0 Å². The van der Waals surface area contributed by atoms with Crippen molar-refractivity contribution in [1.29, 1.82) is 0 Å². The summed E-state index contributed by atoms with van der Waals surface area (Å²) in [5.41, 5.74) is 1.97. The van der Waals surface area contributed by atoms with E-state index >= 15 is 0 Å². The van der Waals surface area contributed by atoms with E-state index in [1.54, 1.807) is 18.0 Å². The Bertz CT molecular complexity index is 758.